The third-order valence-electron chi connectivity index (χ3n) is 6.26. The summed E-state index contributed by atoms with van der Waals surface area (Å²) in [6, 6.07) is 4.09. The average molecular weight is 398 g/mol. The molecule has 0 aliphatic carbocycles. The number of piperazine rings is 1. The Bertz CT molecular complexity index is 842. The summed E-state index contributed by atoms with van der Waals surface area (Å²) in [4.78, 5) is 21.5. The van der Waals surface area contributed by atoms with E-state index in [0.717, 1.165) is 57.0 Å². The van der Waals surface area contributed by atoms with Crippen molar-refractivity contribution in [3.05, 3.63) is 47.0 Å². The highest BCUT2D eigenvalue weighted by Gasteiger charge is 2.35. The number of hydrazine groups is 1. The van der Waals surface area contributed by atoms with Crippen molar-refractivity contribution in [2.45, 2.75) is 38.8 Å². The maximum Gasteiger partial charge on any atom is 0.241 e. The van der Waals surface area contributed by atoms with Crippen molar-refractivity contribution < 1.29 is 4.79 Å². The van der Waals surface area contributed by atoms with Crippen molar-refractivity contribution in [1.29, 1.82) is 0 Å². The third kappa shape index (κ3) is 4.34. The number of amides is 1. The molecule has 8 heteroatoms. The van der Waals surface area contributed by atoms with E-state index in [1.807, 2.05) is 35.9 Å². The maximum atomic E-state index is 13.0. The highest BCUT2D eigenvalue weighted by Crippen LogP contribution is 2.28. The molecule has 4 heterocycles. The molecule has 2 aromatic heterocycles. The van der Waals surface area contributed by atoms with E-state index in [1.54, 1.807) is 0 Å². The van der Waals surface area contributed by atoms with Crippen LogP contribution in [-0.2, 0) is 18.3 Å². The normalized spacial score (nSPS) is 22.9. The number of aryl methyl sites for hydroxylation is 2. The first-order chi connectivity index (χ1) is 14.0. The Labute approximate surface area is 172 Å². The van der Waals surface area contributed by atoms with Crippen molar-refractivity contribution in [3.63, 3.8) is 0 Å². The standard InChI is InChI=1S/C21H31N7O/c1-15-20(16(2)26(3)25-15)18-14-19(24-23-18)21(29)28-12-10-27(11-13-28)9-6-17-4-7-22-8-5-17/h4-5,7-8,18-19,23-24H,6,9-14H2,1-3H3. The zero-order valence-corrected chi connectivity index (χ0v) is 17.6. The zero-order valence-electron chi connectivity index (χ0n) is 17.6. The van der Waals surface area contributed by atoms with E-state index in [-0.39, 0.29) is 18.0 Å². The molecule has 0 spiro atoms. The van der Waals surface area contributed by atoms with Gasteiger partial charge in [0.05, 0.1) is 11.7 Å². The minimum atomic E-state index is -0.178. The molecule has 1 amide bonds. The molecule has 0 aromatic carbocycles. The van der Waals surface area contributed by atoms with Crippen molar-refractivity contribution in [3.8, 4) is 0 Å². The van der Waals surface area contributed by atoms with Gasteiger partial charge < -0.3 is 4.90 Å². The summed E-state index contributed by atoms with van der Waals surface area (Å²) in [5.74, 6) is 0.202. The SMILES string of the molecule is Cc1nn(C)c(C)c1C1CC(C(=O)N2CCN(CCc3ccncc3)CC2)NN1. The molecule has 2 N–H and O–H groups in total. The molecule has 2 fully saturated rings. The molecular formula is C21H31N7O. The first-order valence-corrected chi connectivity index (χ1v) is 10.4. The van der Waals surface area contributed by atoms with E-state index in [4.69, 9.17) is 0 Å². The number of hydrogen-bond donors (Lipinski definition) is 2. The number of pyridine rings is 1. The van der Waals surface area contributed by atoms with Gasteiger partial charge in [-0.25, -0.2) is 10.9 Å². The lowest BCUT2D eigenvalue weighted by atomic mass is 9.99. The lowest BCUT2D eigenvalue weighted by molar-refractivity contribution is -0.134. The molecule has 2 aliphatic heterocycles. The van der Waals surface area contributed by atoms with Crippen LogP contribution in [0.5, 0.6) is 0 Å². The molecule has 156 valence electrons. The van der Waals surface area contributed by atoms with Crippen LogP contribution in [0.2, 0.25) is 0 Å². The van der Waals surface area contributed by atoms with Crippen molar-refractivity contribution in [2.24, 2.45) is 7.05 Å². The number of aromatic nitrogens is 3. The molecule has 0 saturated carbocycles. The van der Waals surface area contributed by atoms with Gasteiger partial charge in [-0.1, -0.05) is 0 Å². The number of nitrogens with zero attached hydrogens (tertiary/aromatic N) is 5. The van der Waals surface area contributed by atoms with Crippen molar-refractivity contribution in [2.75, 3.05) is 32.7 Å². The second kappa shape index (κ2) is 8.61. The minimum absolute atomic E-state index is 0.124. The molecule has 0 radical (unpaired) electrons. The largest absolute Gasteiger partial charge is 0.339 e. The Kier molecular flexibility index (Phi) is 5.94. The Morgan fingerprint density at radius 3 is 2.52 bits per heavy atom. The molecule has 29 heavy (non-hydrogen) atoms. The van der Waals surface area contributed by atoms with Crippen LogP contribution < -0.4 is 10.9 Å². The second-order valence-electron chi connectivity index (χ2n) is 8.11. The highest BCUT2D eigenvalue weighted by atomic mass is 16.2. The number of rotatable bonds is 5. The fourth-order valence-corrected chi connectivity index (χ4v) is 4.45. The van der Waals surface area contributed by atoms with Crippen LogP contribution >= 0.6 is 0 Å². The smallest absolute Gasteiger partial charge is 0.241 e. The molecule has 2 atom stereocenters. The van der Waals surface area contributed by atoms with Gasteiger partial charge in [0, 0.05) is 63.4 Å². The Hall–Kier alpha value is -2.29. The number of nitrogens with one attached hydrogen (secondary N) is 2. The lowest BCUT2D eigenvalue weighted by Crippen LogP contribution is -2.53. The van der Waals surface area contributed by atoms with E-state index < -0.39 is 0 Å². The van der Waals surface area contributed by atoms with Gasteiger partial charge in [0.1, 0.15) is 6.04 Å². The van der Waals surface area contributed by atoms with Crippen LogP contribution in [0.3, 0.4) is 0 Å². The predicted molar refractivity (Wildman–Crippen MR) is 111 cm³/mol. The molecular weight excluding hydrogens is 366 g/mol. The molecule has 0 bridgehead atoms. The van der Waals surface area contributed by atoms with Crippen LogP contribution in [0.1, 0.15) is 35.0 Å². The third-order valence-corrected chi connectivity index (χ3v) is 6.26. The summed E-state index contributed by atoms with van der Waals surface area (Å²) in [7, 11) is 1.96. The summed E-state index contributed by atoms with van der Waals surface area (Å²) in [5, 5.41) is 4.51. The monoisotopic (exact) mass is 397 g/mol. The number of hydrogen-bond acceptors (Lipinski definition) is 6. The average Bonchev–Trinajstić information content (AvgIpc) is 3.31. The van der Waals surface area contributed by atoms with Gasteiger partial charge in [0.15, 0.2) is 0 Å². The van der Waals surface area contributed by atoms with Crippen LogP contribution in [0.25, 0.3) is 0 Å². The van der Waals surface area contributed by atoms with Crippen LogP contribution in [0.15, 0.2) is 24.5 Å². The van der Waals surface area contributed by atoms with Gasteiger partial charge in [0.2, 0.25) is 5.91 Å². The quantitative estimate of drug-likeness (QED) is 0.774. The lowest BCUT2D eigenvalue weighted by Gasteiger charge is -2.35. The molecule has 2 aliphatic rings. The molecule has 4 rings (SSSR count). The summed E-state index contributed by atoms with van der Waals surface area (Å²) in [6.45, 7) is 8.59. The van der Waals surface area contributed by atoms with Gasteiger partial charge >= 0.3 is 0 Å². The van der Waals surface area contributed by atoms with E-state index in [1.165, 1.54) is 11.1 Å². The van der Waals surface area contributed by atoms with Gasteiger partial charge in [-0.05, 0) is 44.4 Å². The van der Waals surface area contributed by atoms with Crippen LogP contribution in [0.4, 0.5) is 0 Å². The summed E-state index contributed by atoms with van der Waals surface area (Å²) in [6.07, 6.45) is 5.47. The Morgan fingerprint density at radius 2 is 1.86 bits per heavy atom. The van der Waals surface area contributed by atoms with E-state index >= 15 is 0 Å². The summed E-state index contributed by atoms with van der Waals surface area (Å²) >= 11 is 0. The van der Waals surface area contributed by atoms with Crippen molar-refractivity contribution >= 4 is 5.91 Å². The predicted octanol–water partition coefficient (Wildman–Crippen LogP) is 0.726. The second-order valence-corrected chi connectivity index (χ2v) is 8.11. The van der Waals surface area contributed by atoms with Crippen LogP contribution in [-0.4, -0.2) is 69.2 Å². The van der Waals surface area contributed by atoms with Crippen molar-refractivity contribution in [1.82, 2.24) is 35.4 Å². The van der Waals surface area contributed by atoms with Gasteiger partial charge in [-0.15, -0.1) is 0 Å². The highest BCUT2D eigenvalue weighted by molar-refractivity contribution is 5.82. The first kappa shape index (κ1) is 20.0. The topological polar surface area (TPSA) is 78.3 Å². The summed E-state index contributed by atoms with van der Waals surface area (Å²) in [5.41, 5.74) is 11.2. The first-order valence-electron chi connectivity index (χ1n) is 10.4. The Balaban J connectivity index is 1.27. The maximum absolute atomic E-state index is 13.0. The number of carbonyl (C=O) groups excluding carboxylic acids is 1. The molecule has 2 aromatic rings. The molecule has 2 saturated heterocycles. The van der Waals surface area contributed by atoms with Gasteiger partial charge in [0.25, 0.3) is 0 Å². The van der Waals surface area contributed by atoms with E-state index in [2.05, 4.69) is 44.9 Å². The summed E-state index contributed by atoms with van der Waals surface area (Å²) < 4.78 is 1.91. The fraction of sp³-hybridized carbons (Fsp3) is 0.571. The van der Waals surface area contributed by atoms with Crippen LogP contribution in [0, 0.1) is 13.8 Å². The zero-order chi connectivity index (χ0) is 20.4. The van der Waals surface area contributed by atoms with Gasteiger partial charge in [-0.2, -0.15) is 5.10 Å². The Morgan fingerprint density at radius 1 is 1.14 bits per heavy atom. The fourth-order valence-electron chi connectivity index (χ4n) is 4.45. The molecule has 2 unspecified atom stereocenters. The van der Waals surface area contributed by atoms with Gasteiger partial charge in [-0.3, -0.25) is 19.4 Å². The van der Waals surface area contributed by atoms with E-state index in [0.29, 0.717) is 0 Å². The minimum Gasteiger partial charge on any atom is -0.339 e. The molecule has 8 nitrogen and oxygen atoms in total. The van der Waals surface area contributed by atoms with E-state index in [9.17, 15) is 4.79 Å². The number of carbonyl (C=O) groups is 1.